The molecule has 1 aliphatic heterocycles. The van der Waals surface area contributed by atoms with Crippen molar-refractivity contribution >= 4 is 5.91 Å². The minimum Gasteiger partial charge on any atom is -0.496 e. The normalized spacial score (nSPS) is 17.9. The Kier molecular flexibility index (Phi) is 4.60. The predicted molar refractivity (Wildman–Crippen MR) is 73.3 cm³/mol. The van der Waals surface area contributed by atoms with Gasteiger partial charge in [-0.05, 0) is 43.9 Å². The van der Waals surface area contributed by atoms with Crippen molar-refractivity contribution in [3.8, 4) is 5.75 Å². The summed E-state index contributed by atoms with van der Waals surface area (Å²) in [7, 11) is 1.46. The molecule has 2 rings (SSSR count). The van der Waals surface area contributed by atoms with Gasteiger partial charge in [0.2, 0.25) is 0 Å². The molecule has 1 aliphatic rings. The number of methoxy groups -OCH3 is 1. The van der Waals surface area contributed by atoms with Crippen LogP contribution in [0.5, 0.6) is 5.75 Å². The van der Waals surface area contributed by atoms with Crippen LogP contribution in [-0.4, -0.2) is 42.2 Å². The molecule has 4 nitrogen and oxygen atoms in total. The molecule has 1 heterocycles. The number of nitrogens with zero attached hydrogens (tertiary/aromatic N) is 1. The molecule has 1 aromatic carbocycles. The monoisotopic (exact) mass is 281 g/mol. The Bertz CT molecular complexity index is 482. The molecule has 1 fully saturated rings. The zero-order chi connectivity index (χ0) is 14.7. The first-order valence-electron chi connectivity index (χ1n) is 6.83. The van der Waals surface area contributed by atoms with Gasteiger partial charge in [0.15, 0.2) is 0 Å². The van der Waals surface area contributed by atoms with Gasteiger partial charge in [-0.2, -0.15) is 0 Å². The van der Waals surface area contributed by atoms with Crippen LogP contribution >= 0.6 is 0 Å². The predicted octanol–water partition coefficient (Wildman–Crippen LogP) is 2.07. The summed E-state index contributed by atoms with van der Waals surface area (Å²) in [4.78, 5) is 14.1. The molecular weight excluding hydrogens is 261 g/mol. The molecule has 1 unspecified atom stereocenters. The first-order valence-corrected chi connectivity index (χ1v) is 6.83. The molecular formula is C15H20FNO3. The van der Waals surface area contributed by atoms with Crippen molar-refractivity contribution < 1.29 is 19.0 Å². The summed E-state index contributed by atoms with van der Waals surface area (Å²) in [5, 5.41) is 9.56. The van der Waals surface area contributed by atoms with Crippen molar-refractivity contribution in [3.05, 3.63) is 29.6 Å². The van der Waals surface area contributed by atoms with Crippen molar-refractivity contribution in [3.63, 3.8) is 0 Å². The van der Waals surface area contributed by atoms with Gasteiger partial charge in [0.1, 0.15) is 11.6 Å². The van der Waals surface area contributed by atoms with E-state index >= 15 is 0 Å². The number of hydrogen-bond donors (Lipinski definition) is 1. The van der Waals surface area contributed by atoms with Gasteiger partial charge in [-0.1, -0.05) is 0 Å². The van der Waals surface area contributed by atoms with Crippen molar-refractivity contribution in [2.75, 3.05) is 20.2 Å². The Balaban J connectivity index is 2.11. The summed E-state index contributed by atoms with van der Waals surface area (Å²) in [6, 6.07) is 3.95. The third kappa shape index (κ3) is 3.10. The van der Waals surface area contributed by atoms with E-state index in [1.165, 1.54) is 25.3 Å². The molecule has 1 N–H and O–H groups in total. The summed E-state index contributed by atoms with van der Waals surface area (Å²) in [6.45, 7) is 2.93. The number of likely N-dealkylation sites (tertiary alicyclic amines) is 1. The summed E-state index contributed by atoms with van der Waals surface area (Å²) in [5.41, 5.74) is 0.253. The number of piperidine rings is 1. The zero-order valence-corrected chi connectivity index (χ0v) is 11.8. The Hall–Kier alpha value is -1.62. The number of benzene rings is 1. The second-order valence-corrected chi connectivity index (χ2v) is 5.21. The van der Waals surface area contributed by atoms with Gasteiger partial charge >= 0.3 is 0 Å². The van der Waals surface area contributed by atoms with Gasteiger partial charge in [-0.25, -0.2) is 4.39 Å². The number of aliphatic hydroxyl groups is 1. The Labute approximate surface area is 118 Å². The minimum absolute atomic E-state index is 0.217. The number of aliphatic hydroxyl groups excluding tert-OH is 1. The lowest BCUT2D eigenvalue weighted by molar-refractivity contribution is 0.0518. The molecule has 0 spiro atoms. The first kappa shape index (κ1) is 14.8. The molecule has 5 heteroatoms. The van der Waals surface area contributed by atoms with Crippen LogP contribution in [0.2, 0.25) is 0 Å². The van der Waals surface area contributed by atoms with Gasteiger partial charge in [0.05, 0.1) is 18.8 Å². The fourth-order valence-electron chi connectivity index (χ4n) is 2.60. The number of halogens is 1. The Morgan fingerprint density at radius 2 is 2.10 bits per heavy atom. The topological polar surface area (TPSA) is 49.8 Å². The molecule has 0 saturated carbocycles. The van der Waals surface area contributed by atoms with E-state index < -0.39 is 5.82 Å². The number of amides is 1. The smallest absolute Gasteiger partial charge is 0.257 e. The standard InChI is InChI=1S/C15H20FNO3/c1-10(18)11-5-7-17(8-6-11)15(19)13-9-12(16)3-4-14(13)20-2/h3-4,9-11,18H,5-8H2,1-2H3. The minimum atomic E-state index is -0.451. The highest BCUT2D eigenvalue weighted by atomic mass is 19.1. The lowest BCUT2D eigenvalue weighted by Gasteiger charge is -2.33. The van der Waals surface area contributed by atoms with E-state index in [0.29, 0.717) is 18.8 Å². The third-order valence-corrected chi connectivity index (χ3v) is 3.90. The summed E-state index contributed by atoms with van der Waals surface area (Å²) >= 11 is 0. The van der Waals surface area contributed by atoms with Crippen LogP contribution in [0.4, 0.5) is 4.39 Å². The summed E-state index contributed by atoms with van der Waals surface area (Å²) in [6.07, 6.45) is 1.18. The molecule has 1 atom stereocenters. The zero-order valence-electron chi connectivity index (χ0n) is 11.8. The highest BCUT2D eigenvalue weighted by Gasteiger charge is 2.27. The SMILES string of the molecule is COc1ccc(F)cc1C(=O)N1CCC(C(C)O)CC1. The molecule has 1 amide bonds. The summed E-state index contributed by atoms with van der Waals surface area (Å²) in [5.74, 6) is -0.0547. The molecule has 110 valence electrons. The van der Waals surface area contributed by atoms with E-state index in [4.69, 9.17) is 4.74 Å². The van der Waals surface area contributed by atoms with Crippen LogP contribution in [0.25, 0.3) is 0 Å². The average molecular weight is 281 g/mol. The fourth-order valence-corrected chi connectivity index (χ4v) is 2.60. The van der Waals surface area contributed by atoms with Crippen LogP contribution < -0.4 is 4.74 Å². The van der Waals surface area contributed by atoms with Crippen molar-refractivity contribution in [2.45, 2.75) is 25.9 Å². The summed E-state index contributed by atoms with van der Waals surface area (Å²) < 4.78 is 18.4. The second-order valence-electron chi connectivity index (χ2n) is 5.21. The number of carbonyl (C=O) groups excluding carboxylic acids is 1. The third-order valence-electron chi connectivity index (χ3n) is 3.90. The fraction of sp³-hybridized carbons (Fsp3) is 0.533. The lowest BCUT2D eigenvalue weighted by Crippen LogP contribution is -2.40. The highest BCUT2D eigenvalue weighted by molar-refractivity contribution is 5.97. The quantitative estimate of drug-likeness (QED) is 0.922. The van der Waals surface area contributed by atoms with E-state index in [2.05, 4.69) is 0 Å². The largest absolute Gasteiger partial charge is 0.496 e. The van der Waals surface area contributed by atoms with Crippen molar-refractivity contribution in [2.24, 2.45) is 5.92 Å². The number of ether oxygens (including phenoxy) is 1. The maximum atomic E-state index is 13.3. The maximum absolute atomic E-state index is 13.3. The lowest BCUT2D eigenvalue weighted by atomic mass is 9.92. The second kappa shape index (κ2) is 6.22. The van der Waals surface area contributed by atoms with Gasteiger partial charge in [0.25, 0.3) is 5.91 Å². The maximum Gasteiger partial charge on any atom is 0.257 e. The van der Waals surface area contributed by atoms with E-state index in [9.17, 15) is 14.3 Å². The molecule has 1 saturated heterocycles. The Morgan fingerprint density at radius 3 is 2.65 bits per heavy atom. The van der Waals surface area contributed by atoms with E-state index in [-0.39, 0.29) is 23.5 Å². The Morgan fingerprint density at radius 1 is 1.45 bits per heavy atom. The molecule has 1 aromatic rings. The number of carbonyl (C=O) groups is 1. The number of hydrogen-bond acceptors (Lipinski definition) is 3. The van der Waals surface area contributed by atoms with Crippen LogP contribution in [0, 0.1) is 11.7 Å². The molecule has 0 aliphatic carbocycles. The molecule has 0 bridgehead atoms. The van der Waals surface area contributed by atoms with E-state index in [1.807, 2.05) is 0 Å². The molecule has 0 aromatic heterocycles. The number of rotatable bonds is 3. The van der Waals surface area contributed by atoms with Crippen molar-refractivity contribution in [1.82, 2.24) is 4.90 Å². The van der Waals surface area contributed by atoms with Gasteiger partial charge in [0, 0.05) is 13.1 Å². The van der Waals surface area contributed by atoms with Crippen LogP contribution in [0.3, 0.4) is 0 Å². The van der Waals surface area contributed by atoms with E-state index in [0.717, 1.165) is 12.8 Å². The van der Waals surface area contributed by atoms with Gasteiger partial charge in [-0.15, -0.1) is 0 Å². The van der Waals surface area contributed by atoms with Gasteiger partial charge < -0.3 is 14.7 Å². The van der Waals surface area contributed by atoms with Crippen molar-refractivity contribution in [1.29, 1.82) is 0 Å². The highest BCUT2D eigenvalue weighted by Crippen LogP contribution is 2.25. The molecule has 20 heavy (non-hydrogen) atoms. The van der Waals surface area contributed by atoms with E-state index in [1.54, 1.807) is 11.8 Å². The van der Waals surface area contributed by atoms with Crippen LogP contribution in [-0.2, 0) is 0 Å². The van der Waals surface area contributed by atoms with Gasteiger partial charge in [-0.3, -0.25) is 4.79 Å². The van der Waals surface area contributed by atoms with Crippen LogP contribution in [0.1, 0.15) is 30.1 Å². The first-order chi connectivity index (χ1) is 9.52. The van der Waals surface area contributed by atoms with Crippen LogP contribution in [0.15, 0.2) is 18.2 Å². The molecule has 0 radical (unpaired) electrons. The average Bonchev–Trinajstić information content (AvgIpc) is 2.46.